The molecule has 3 atom stereocenters. The molecule has 3 rings (SSSR count). The zero-order valence-corrected chi connectivity index (χ0v) is 12.9. The van der Waals surface area contributed by atoms with Gasteiger partial charge in [-0.25, -0.2) is 0 Å². The van der Waals surface area contributed by atoms with Gasteiger partial charge in [0.1, 0.15) is 0 Å². The molecule has 1 aromatic rings. The molecule has 2 bridgehead atoms. The van der Waals surface area contributed by atoms with Gasteiger partial charge in [-0.3, -0.25) is 0 Å². The topological polar surface area (TPSA) is 38.5 Å². The quantitative estimate of drug-likeness (QED) is 0.929. The predicted molar refractivity (Wildman–Crippen MR) is 81.6 cm³/mol. The van der Waals surface area contributed by atoms with E-state index in [1.54, 1.807) is 0 Å². The molecule has 3 unspecified atom stereocenters. The Morgan fingerprint density at radius 1 is 1.37 bits per heavy atom. The smallest absolute Gasteiger partial charge is 0.0755 e. The fourth-order valence-electron chi connectivity index (χ4n) is 3.18. The number of hydrogen-bond donors (Lipinski definition) is 1. The van der Waals surface area contributed by atoms with Gasteiger partial charge >= 0.3 is 0 Å². The summed E-state index contributed by atoms with van der Waals surface area (Å²) in [6.45, 7) is 4.10. The number of benzene rings is 1. The molecule has 2 heterocycles. The van der Waals surface area contributed by atoms with Crippen LogP contribution < -0.4 is 10.6 Å². The highest BCUT2D eigenvalue weighted by Gasteiger charge is 2.34. The number of rotatable bonds is 3. The Kier molecular flexibility index (Phi) is 3.83. The lowest BCUT2D eigenvalue weighted by Gasteiger charge is -2.35. The van der Waals surface area contributed by atoms with Crippen molar-refractivity contribution in [1.82, 2.24) is 0 Å². The van der Waals surface area contributed by atoms with E-state index < -0.39 is 0 Å². The average Bonchev–Trinajstić information content (AvgIpc) is 2.68. The van der Waals surface area contributed by atoms with Crippen LogP contribution in [0, 0.1) is 0 Å². The van der Waals surface area contributed by atoms with Crippen molar-refractivity contribution in [1.29, 1.82) is 0 Å². The number of ether oxygens (including phenoxy) is 1. The van der Waals surface area contributed by atoms with Crippen LogP contribution in [0.25, 0.3) is 0 Å². The Labute approximate surface area is 123 Å². The van der Waals surface area contributed by atoms with Gasteiger partial charge in [0, 0.05) is 29.3 Å². The van der Waals surface area contributed by atoms with E-state index >= 15 is 0 Å². The lowest BCUT2D eigenvalue weighted by Crippen LogP contribution is -2.43. The normalized spacial score (nSPS) is 27.6. The molecule has 104 valence electrons. The second-order valence-corrected chi connectivity index (χ2v) is 6.73. The highest BCUT2D eigenvalue weighted by molar-refractivity contribution is 9.10. The molecule has 3 nitrogen and oxygen atoms in total. The van der Waals surface area contributed by atoms with Gasteiger partial charge in [0.05, 0.1) is 12.2 Å². The summed E-state index contributed by atoms with van der Waals surface area (Å²) in [6, 6.07) is 6.73. The van der Waals surface area contributed by atoms with Crippen LogP contribution in [0.15, 0.2) is 22.7 Å². The van der Waals surface area contributed by atoms with Crippen molar-refractivity contribution in [2.24, 2.45) is 5.73 Å². The molecule has 2 saturated heterocycles. The zero-order chi connectivity index (χ0) is 13.4. The van der Waals surface area contributed by atoms with Crippen LogP contribution >= 0.6 is 15.9 Å². The highest BCUT2D eigenvalue weighted by Crippen LogP contribution is 2.32. The third-order valence-corrected chi connectivity index (χ3v) is 4.46. The summed E-state index contributed by atoms with van der Waals surface area (Å²) in [5.41, 5.74) is 8.65. The maximum atomic E-state index is 5.98. The van der Waals surface area contributed by atoms with E-state index in [0.717, 1.165) is 24.0 Å². The van der Waals surface area contributed by atoms with Crippen molar-refractivity contribution in [2.75, 3.05) is 18.0 Å². The van der Waals surface area contributed by atoms with E-state index in [1.807, 2.05) is 0 Å². The van der Waals surface area contributed by atoms with E-state index in [-0.39, 0.29) is 6.04 Å². The van der Waals surface area contributed by atoms with Crippen LogP contribution in [0.5, 0.6) is 0 Å². The molecule has 0 radical (unpaired) electrons. The van der Waals surface area contributed by atoms with E-state index in [0.29, 0.717) is 12.2 Å². The Morgan fingerprint density at radius 3 is 2.68 bits per heavy atom. The zero-order valence-electron chi connectivity index (χ0n) is 11.3. The summed E-state index contributed by atoms with van der Waals surface area (Å²) in [6.07, 6.45) is 4.18. The van der Waals surface area contributed by atoms with Crippen molar-refractivity contribution in [3.8, 4) is 0 Å². The molecule has 4 heteroatoms. The Hall–Kier alpha value is -0.580. The van der Waals surface area contributed by atoms with Crippen molar-refractivity contribution in [3.05, 3.63) is 28.2 Å². The number of fused-ring (bicyclic) bond motifs is 2. The van der Waals surface area contributed by atoms with Gasteiger partial charge in [0.15, 0.2) is 0 Å². The van der Waals surface area contributed by atoms with Gasteiger partial charge < -0.3 is 15.4 Å². The summed E-state index contributed by atoms with van der Waals surface area (Å²) in [5, 5.41) is 0. The van der Waals surface area contributed by atoms with Gasteiger partial charge in [-0.05, 0) is 49.9 Å². The number of morpholine rings is 1. The van der Waals surface area contributed by atoms with Crippen LogP contribution in [0.2, 0.25) is 0 Å². The Balaban J connectivity index is 1.86. The second-order valence-electron chi connectivity index (χ2n) is 5.82. The summed E-state index contributed by atoms with van der Waals surface area (Å²) in [7, 11) is 0. The fraction of sp³-hybridized carbons (Fsp3) is 0.600. The van der Waals surface area contributed by atoms with Gasteiger partial charge in [0.2, 0.25) is 0 Å². The third kappa shape index (κ3) is 2.96. The Bertz CT molecular complexity index is 451. The first kappa shape index (κ1) is 13.4. The van der Waals surface area contributed by atoms with Crippen LogP contribution in [-0.4, -0.2) is 31.3 Å². The number of nitrogens with two attached hydrogens (primary N) is 1. The second kappa shape index (κ2) is 5.43. The molecular formula is C15H21BrN2O. The lowest BCUT2D eigenvalue weighted by atomic mass is 10.0. The van der Waals surface area contributed by atoms with E-state index in [4.69, 9.17) is 10.5 Å². The van der Waals surface area contributed by atoms with Gasteiger partial charge in [-0.15, -0.1) is 0 Å². The maximum absolute atomic E-state index is 5.98. The number of nitrogens with zero attached hydrogens (tertiary/aromatic N) is 1. The minimum Gasteiger partial charge on any atom is -0.371 e. The predicted octanol–water partition coefficient (Wildman–Crippen LogP) is 2.71. The standard InChI is InChI=1S/C15H21BrN2O/c1-10(17)6-11-7-12(16)2-5-15(11)18-8-13-3-4-14(9-18)19-13/h2,5,7,10,13-14H,3-4,6,8-9,17H2,1H3. The van der Waals surface area contributed by atoms with Crippen molar-refractivity contribution in [3.63, 3.8) is 0 Å². The van der Waals surface area contributed by atoms with Crippen LogP contribution in [0.4, 0.5) is 5.69 Å². The van der Waals surface area contributed by atoms with Crippen molar-refractivity contribution in [2.45, 2.75) is 44.4 Å². The number of anilines is 1. The largest absolute Gasteiger partial charge is 0.371 e. The highest BCUT2D eigenvalue weighted by atomic mass is 79.9. The summed E-state index contributed by atoms with van der Waals surface area (Å²) in [5.74, 6) is 0. The van der Waals surface area contributed by atoms with Gasteiger partial charge in [0.25, 0.3) is 0 Å². The van der Waals surface area contributed by atoms with E-state index in [2.05, 4.69) is 46.0 Å². The van der Waals surface area contributed by atoms with Crippen LogP contribution in [0.1, 0.15) is 25.3 Å². The molecule has 2 fully saturated rings. The average molecular weight is 325 g/mol. The molecular weight excluding hydrogens is 304 g/mol. The Morgan fingerprint density at radius 2 is 2.05 bits per heavy atom. The van der Waals surface area contributed by atoms with Crippen LogP contribution in [-0.2, 0) is 11.2 Å². The number of halogens is 1. The van der Waals surface area contributed by atoms with Gasteiger partial charge in [-0.2, -0.15) is 0 Å². The molecule has 2 aliphatic heterocycles. The molecule has 0 saturated carbocycles. The fourth-order valence-corrected chi connectivity index (χ4v) is 3.59. The lowest BCUT2D eigenvalue weighted by molar-refractivity contribution is 0.0304. The molecule has 19 heavy (non-hydrogen) atoms. The van der Waals surface area contributed by atoms with E-state index in [9.17, 15) is 0 Å². The molecule has 1 aromatic carbocycles. The minimum atomic E-state index is 0.186. The first-order chi connectivity index (χ1) is 9.11. The first-order valence-electron chi connectivity index (χ1n) is 7.06. The van der Waals surface area contributed by atoms with Crippen molar-refractivity contribution >= 4 is 21.6 Å². The van der Waals surface area contributed by atoms with Crippen molar-refractivity contribution < 1.29 is 4.74 Å². The summed E-state index contributed by atoms with van der Waals surface area (Å²) >= 11 is 3.56. The number of hydrogen-bond acceptors (Lipinski definition) is 3. The molecule has 0 amide bonds. The van der Waals surface area contributed by atoms with Crippen LogP contribution in [0.3, 0.4) is 0 Å². The molecule has 2 N–H and O–H groups in total. The summed E-state index contributed by atoms with van der Waals surface area (Å²) < 4.78 is 7.05. The molecule has 0 aliphatic carbocycles. The SMILES string of the molecule is CC(N)Cc1cc(Br)ccc1N1CC2CCC(C1)O2. The third-order valence-electron chi connectivity index (χ3n) is 3.97. The molecule has 0 aromatic heterocycles. The van der Waals surface area contributed by atoms with E-state index in [1.165, 1.54) is 24.1 Å². The minimum absolute atomic E-state index is 0.186. The first-order valence-corrected chi connectivity index (χ1v) is 7.85. The molecule has 2 aliphatic rings. The summed E-state index contributed by atoms with van der Waals surface area (Å²) in [4.78, 5) is 2.48. The monoisotopic (exact) mass is 324 g/mol. The molecule has 0 spiro atoms. The van der Waals surface area contributed by atoms with Gasteiger partial charge in [-0.1, -0.05) is 15.9 Å². The maximum Gasteiger partial charge on any atom is 0.0755 e.